The summed E-state index contributed by atoms with van der Waals surface area (Å²) in [6, 6.07) is 7.56. The van der Waals surface area contributed by atoms with Gasteiger partial charge in [-0.05, 0) is 43.7 Å². The number of nitrogens with two attached hydrogens (primary N) is 1. The van der Waals surface area contributed by atoms with Gasteiger partial charge in [-0.1, -0.05) is 0 Å². The first-order valence-electron chi connectivity index (χ1n) is 14.2. The van der Waals surface area contributed by atoms with Gasteiger partial charge in [-0.2, -0.15) is 4.98 Å². The molecule has 0 atom stereocenters. The number of nitrogen functional groups attached to an aromatic ring is 1. The molecule has 1 aromatic carbocycles. The number of carbonyl (C=O) groups is 1. The van der Waals surface area contributed by atoms with E-state index in [2.05, 4.69) is 30.4 Å². The van der Waals surface area contributed by atoms with E-state index in [0.29, 0.717) is 51.0 Å². The van der Waals surface area contributed by atoms with E-state index in [1.165, 1.54) is 0 Å². The molecule has 13 nitrogen and oxygen atoms in total. The SMILES string of the molecule is Nc1ncc(-c2nc(N3CCOCC3)nc3c2CCN3C(=O)Nc2ccc(NCCCN3CCOCC3)cc2)cn1. The number of ether oxygens (including phenoxy) is 2. The summed E-state index contributed by atoms with van der Waals surface area (Å²) in [7, 11) is 0. The minimum absolute atomic E-state index is 0.197. The molecule has 3 aliphatic rings. The van der Waals surface area contributed by atoms with E-state index in [1.54, 1.807) is 17.3 Å². The van der Waals surface area contributed by atoms with Gasteiger partial charge in [-0.25, -0.2) is 19.7 Å². The highest BCUT2D eigenvalue weighted by atomic mass is 16.5. The molecule has 3 aliphatic heterocycles. The number of carbonyl (C=O) groups excluding carboxylic acids is 1. The number of urea groups is 1. The van der Waals surface area contributed by atoms with Gasteiger partial charge in [0.2, 0.25) is 11.9 Å². The average Bonchev–Trinajstić information content (AvgIpc) is 3.45. The molecular formula is C28H36N10O3. The molecule has 0 unspecified atom stereocenters. The maximum absolute atomic E-state index is 13.5. The summed E-state index contributed by atoms with van der Waals surface area (Å²) < 4.78 is 10.9. The first kappa shape index (κ1) is 27.1. The predicted molar refractivity (Wildman–Crippen MR) is 157 cm³/mol. The van der Waals surface area contributed by atoms with Gasteiger partial charge in [-0.15, -0.1) is 0 Å². The van der Waals surface area contributed by atoms with Crippen molar-refractivity contribution in [3.63, 3.8) is 0 Å². The Hall–Kier alpha value is -4.07. The van der Waals surface area contributed by atoms with E-state index in [-0.39, 0.29) is 12.0 Å². The second-order valence-electron chi connectivity index (χ2n) is 10.2. The summed E-state index contributed by atoms with van der Waals surface area (Å²) in [4.78, 5) is 37.7. The first-order valence-corrected chi connectivity index (χ1v) is 14.2. The Balaban J connectivity index is 1.13. The Morgan fingerprint density at radius 2 is 1.59 bits per heavy atom. The highest BCUT2D eigenvalue weighted by molar-refractivity contribution is 6.03. The zero-order valence-corrected chi connectivity index (χ0v) is 23.1. The molecule has 6 rings (SSSR count). The number of fused-ring (bicyclic) bond motifs is 1. The lowest BCUT2D eigenvalue weighted by molar-refractivity contribution is 0.0378. The van der Waals surface area contributed by atoms with Gasteiger partial charge in [0.15, 0.2) is 0 Å². The van der Waals surface area contributed by atoms with Gasteiger partial charge in [0.1, 0.15) is 5.82 Å². The van der Waals surface area contributed by atoms with Crippen LogP contribution in [0.1, 0.15) is 12.0 Å². The molecule has 0 bridgehead atoms. The topological polar surface area (TPSA) is 147 Å². The number of aromatic nitrogens is 4. The van der Waals surface area contributed by atoms with E-state index in [1.807, 2.05) is 24.3 Å². The van der Waals surface area contributed by atoms with Gasteiger partial charge in [0.05, 0.1) is 32.1 Å². The standard InChI is InChI=1S/C28H36N10O3/c29-26-31-18-20(19-32-26)24-23-6-9-38(25(23)35-27(34-24)37-12-16-41-17-13-37)28(39)33-22-4-2-21(3-5-22)30-7-1-8-36-10-14-40-15-11-36/h2-5,18-19,30H,1,6-17H2,(H,33,39)(H2,29,31,32). The lowest BCUT2D eigenvalue weighted by Gasteiger charge is -2.28. The maximum Gasteiger partial charge on any atom is 0.327 e. The van der Waals surface area contributed by atoms with Crippen LogP contribution in [0.2, 0.25) is 0 Å². The number of anilines is 5. The van der Waals surface area contributed by atoms with Crippen LogP contribution in [0, 0.1) is 0 Å². The Morgan fingerprint density at radius 3 is 2.32 bits per heavy atom. The monoisotopic (exact) mass is 560 g/mol. The van der Waals surface area contributed by atoms with Crippen LogP contribution in [0.4, 0.5) is 33.9 Å². The lowest BCUT2D eigenvalue weighted by atomic mass is 10.1. The fourth-order valence-corrected chi connectivity index (χ4v) is 5.27. The maximum atomic E-state index is 13.5. The number of morpholine rings is 2. The number of rotatable bonds is 8. The van der Waals surface area contributed by atoms with Crippen LogP contribution in [-0.4, -0.2) is 103 Å². The van der Waals surface area contributed by atoms with Crippen LogP contribution in [0.5, 0.6) is 0 Å². The van der Waals surface area contributed by atoms with Crippen LogP contribution in [0.3, 0.4) is 0 Å². The number of hydrogen-bond donors (Lipinski definition) is 3. The lowest BCUT2D eigenvalue weighted by Crippen LogP contribution is -2.38. The van der Waals surface area contributed by atoms with Crippen LogP contribution in [0.15, 0.2) is 36.7 Å². The van der Waals surface area contributed by atoms with Crippen LogP contribution in [0.25, 0.3) is 11.3 Å². The minimum Gasteiger partial charge on any atom is -0.385 e. The second kappa shape index (κ2) is 12.6. The van der Waals surface area contributed by atoms with Crippen molar-refractivity contribution in [3.8, 4) is 11.3 Å². The molecule has 41 heavy (non-hydrogen) atoms. The Bertz CT molecular complexity index is 1330. The van der Waals surface area contributed by atoms with Crippen molar-refractivity contribution in [2.75, 3.05) is 98.4 Å². The van der Waals surface area contributed by atoms with Gasteiger partial charge < -0.3 is 30.7 Å². The van der Waals surface area contributed by atoms with Crippen molar-refractivity contribution in [1.29, 1.82) is 0 Å². The Labute approximate surface area is 239 Å². The molecule has 0 aliphatic carbocycles. The number of nitrogens with zero attached hydrogens (tertiary/aromatic N) is 7. The Morgan fingerprint density at radius 1 is 0.902 bits per heavy atom. The summed E-state index contributed by atoms with van der Waals surface area (Å²) in [6.07, 6.45) is 5.01. The minimum atomic E-state index is -0.235. The fraction of sp³-hybridized carbons (Fsp3) is 0.464. The van der Waals surface area contributed by atoms with Crippen molar-refractivity contribution in [2.24, 2.45) is 0 Å². The molecule has 4 N–H and O–H groups in total. The fourth-order valence-electron chi connectivity index (χ4n) is 5.27. The molecule has 0 saturated carbocycles. The molecule has 2 amide bonds. The summed E-state index contributed by atoms with van der Waals surface area (Å²) in [5.41, 5.74) is 9.81. The average molecular weight is 561 g/mol. The summed E-state index contributed by atoms with van der Waals surface area (Å²) in [6.45, 7) is 8.66. The van der Waals surface area contributed by atoms with Crippen molar-refractivity contribution in [2.45, 2.75) is 12.8 Å². The normalized spacial score (nSPS) is 17.4. The molecule has 3 aromatic rings. The summed E-state index contributed by atoms with van der Waals surface area (Å²) in [5, 5.41) is 6.50. The quantitative estimate of drug-likeness (QED) is 0.348. The van der Waals surface area contributed by atoms with Crippen molar-refractivity contribution in [3.05, 3.63) is 42.2 Å². The molecule has 5 heterocycles. The van der Waals surface area contributed by atoms with Gasteiger partial charge in [0, 0.05) is 74.2 Å². The van der Waals surface area contributed by atoms with Gasteiger partial charge in [0.25, 0.3) is 0 Å². The Kier molecular flexibility index (Phi) is 8.35. The van der Waals surface area contributed by atoms with Crippen molar-refractivity contribution < 1.29 is 14.3 Å². The zero-order chi connectivity index (χ0) is 28.0. The molecule has 2 fully saturated rings. The van der Waals surface area contributed by atoms with Crippen molar-refractivity contribution in [1.82, 2.24) is 24.8 Å². The van der Waals surface area contributed by atoms with E-state index in [9.17, 15) is 4.79 Å². The van der Waals surface area contributed by atoms with Gasteiger partial charge in [-0.3, -0.25) is 9.80 Å². The van der Waals surface area contributed by atoms with E-state index in [0.717, 1.165) is 74.0 Å². The van der Waals surface area contributed by atoms with Crippen LogP contribution in [-0.2, 0) is 15.9 Å². The number of benzene rings is 1. The van der Waals surface area contributed by atoms with Gasteiger partial charge >= 0.3 is 6.03 Å². The molecule has 2 aromatic heterocycles. The number of hydrogen-bond acceptors (Lipinski definition) is 11. The van der Waals surface area contributed by atoms with E-state index in [4.69, 9.17) is 25.2 Å². The number of nitrogens with one attached hydrogen (secondary N) is 2. The molecule has 13 heteroatoms. The molecule has 216 valence electrons. The highest BCUT2D eigenvalue weighted by Gasteiger charge is 2.32. The molecule has 2 saturated heterocycles. The van der Waals surface area contributed by atoms with Crippen LogP contribution < -0.4 is 26.2 Å². The zero-order valence-electron chi connectivity index (χ0n) is 23.1. The molecule has 0 radical (unpaired) electrons. The van der Waals surface area contributed by atoms with E-state index >= 15 is 0 Å². The van der Waals surface area contributed by atoms with Crippen LogP contribution >= 0.6 is 0 Å². The largest absolute Gasteiger partial charge is 0.385 e. The second-order valence-corrected chi connectivity index (χ2v) is 10.2. The first-order chi connectivity index (χ1) is 20.1. The third-order valence-corrected chi connectivity index (χ3v) is 7.52. The molecular weight excluding hydrogens is 524 g/mol. The summed E-state index contributed by atoms with van der Waals surface area (Å²) >= 11 is 0. The third-order valence-electron chi connectivity index (χ3n) is 7.52. The molecule has 0 spiro atoms. The van der Waals surface area contributed by atoms with E-state index < -0.39 is 0 Å². The predicted octanol–water partition coefficient (Wildman–Crippen LogP) is 2.08. The third kappa shape index (κ3) is 6.47. The van der Waals surface area contributed by atoms with Crippen molar-refractivity contribution >= 4 is 35.1 Å². The smallest absolute Gasteiger partial charge is 0.327 e. The summed E-state index contributed by atoms with van der Waals surface area (Å²) in [5.74, 6) is 1.36. The number of amides is 2. The highest BCUT2D eigenvalue weighted by Crippen LogP contribution is 2.35.